The largest absolute Gasteiger partial charge is 0.387 e. The highest BCUT2D eigenvalue weighted by Gasteiger charge is 2.23. The summed E-state index contributed by atoms with van der Waals surface area (Å²) in [6, 6.07) is 6.09. The van der Waals surface area contributed by atoms with E-state index in [1.54, 1.807) is 24.1 Å². The van der Waals surface area contributed by atoms with Crippen molar-refractivity contribution in [2.24, 2.45) is 0 Å². The molecule has 0 aromatic heterocycles. The van der Waals surface area contributed by atoms with Crippen molar-refractivity contribution in [2.45, 2.75) is 25.0 Å². The molecular weight excluding hydrogens is 247 g/mol. The van der Waals surface area contributed by atoms with Crippen molar-refractivity contribution in [3.8, 4) is 0 Å². The van der Waals surface area contributed by atoms with Gasteiger partial charge in [-0.2, -0.15) is 0 Å². The molecule has 1 fully saturated rings. The van der Waals surface area contributed by atoms with E-state index in [2.05, 4.69) is 5.32 Å². The van der Waals surface area contributed by atoms with E-state index in [-0.39, 0.29) is 18.3 Å². The van der Waals surface area contributed by atoms with Crippen LogP contribution in [-0.2, 0) is 4.79 Å². The maximum atomic E-state index is 12.8. The summed E-state index contributed by atoms with van der Waals surface area (Å²) < 4.78 is 12.8. The van der Waals surface area contributed by atoms with Gasteiger partial charge in [0.25, 0.3) is 0 Å². The fourth-order valence-corrected chi connectivity index (χ4v) is 1.90. The molecule has 1 atom stereocenters. The number of rotatable bonds is 6. The maximum absolute atomic E-state index is 12.8. The van der Waals surface area contributed by atoms with Crippen LogP contribution in [0.25, 0.3) is 0 Å². The Hall–Kier alpha value is -1.46. The Bertz CT molecular complexity index is 432. The van der Waals surface area contributed by atoms with Crippen LogP contribution in [0.1, 0.15) is 24.5 Å². The number of hydrogen-bond donors (Lipinski definition) is 2. The van der Waals surface area contributed by atoms with Gasteiger partial charge in [-0.3, -0.25) is 9.69 Å². The average Bonchev–Trinajstić information content (AvgIpc) is 3.13. The van der Waals surface area contributed by atoms with E-state index in [0.717, 1.165) is 12.8 Å². The summed E-state index contributed by atoms with van der Waals surface area (Å²) in [5, 5.41) is 12.9. The molecule has 1 aliphatic rings. The SMILES string of the molecule is CN(CC(=O)NC1CC1)CC(O)c1ccc(F)cc1. The maximum Gasteiger partial charge on any atom is 0.234 e. The van der Waals surface area contributed by atoms with Crippen LogP contribution in [0.3, 0.4) is 0 Å². The molecule has 104 valence electrons. The third-order valence-electron chi connectivity index (χ3n) is 3.10. The highest BCUT2D eigenvalue weighted by Crippen LogP contribution is 2.18. The zero-order chi connectivity index (χ0) is 13.8. The number of hydrogen-bond acceptors (Lipinski definition) is 3. The third-order valence-corrected chi connectivity index (χ3v) is 3.10. The molecule has 1 aromatic rings. The van der Waals surface area contributed by atoms with Gasteiger partial charge in [0.1, 0.15) is 5.82 Å². The summed E-state index contributed by atoms with van der Waals surface area (Å²) in [5.74, 6) is -0.343. The Labute approximate surface area is 112 Å². The van der Waals surface area contributed by atoms with E-state index in [1.807, 2.05) is 0 Å². The molecule has 1 unspecified atom stereocenters. The van der Waals surface area contributed by atoms with E-state index in [4.69, 9.17) is 0 Å². The number of carbonyl (C=O) groups excluding carboxylic acids is 1. The van der Waals surface area contributed by atoms with Gasteiger partial charge >= 0.3 is 0 Å². The van der Waals surface area contributed by atoms with Crippen molar-refractivity contribution in [3.05, 3.63) is 35.6 Å². The molecule has 1 aliphatic carbocycles. The Balaban J connectivity index is 1.78. The molecule has 0 aliphatic heterocycles. The monoisotopic (exact) mass is 266 g/mol. The summed E-state index contributed by atoms with van der Waals surface area (Å²) in [5.41, 5.74) is 0.649. The van der Waals surface area contributed by atoms with Crippen LogP contribution in [0.4, 0.5) is 4.39 Å². The first kappa shape index (κ1) is 14.0. The third kappa shape index (κ3) is 4.61. The van der Waals surface area contributed by atoms with E-state index >= 15 is 0 Å². The predicted octanol–water partition coefficient (Wildman–Crippen LogP) is 1.07. The number of benzene rings is 1. The average molecular weight is 266 g/mol. The molecule has 2 N–H and O–H groups in total. The summed E-state index contributed by atoms with van der Waals surface area (Å²) in [4.78, 5) is 13.3. The molecule has 19 heavy (non-hydrogen) atoms. The quantitative estimate of drug-likeness (QED) is 0.810. The Morgan fingerprint density at radius 3 is 2.68 bits per heavy atom. The van der Waals surface area contributed by atoms with Gasteiger partial charge in [-0.15, -0.1) is 0 Å². The second-order valence-electron chi connectivity index (χ2n) is 5.11. The van der Waals surface area contributed by atoms with Gasteiger partial charge in [-0.05, 0) is 37.6 Å². The van der Waals surface area contributed by atoms with E-state index in [0.29, 0.717) is 18.2 Å². The molecule has 5 heteroatoms. The Morgan fingerprint density at radius 2 is 2.11 bits per heavy atom. The lowest BCUT2D eigenvalue weighted by Crippen LogP contribution is -2.37. The van der Waals surface area contributed by atoms with Gasteiger partial charge in [-0.25, -0.2) is 4.39 Å². The van der Waals surface area contributed by atoms with Crippen LogP contribution in [0.5, 0.6) is 0 Å². The number of aliphatic hydroxyl groups is 1. The van der Waals surface area contributed by atoms with Gasteiger partial charge in [0.15, 0.2) is 0 Å². The smallest absolute Gasteiger partial charge is 0.234 e. The van der Waals surface area contributed by atoms with Crippen molar-refractivity contribution in [2.75, 3.05) is 20.1 Å². The number of likely N-dealkylation sites (N-methyl/N-ethyl adjacent to an activating group) is 1. The lowest BCUT2D eigenvalue weighted by atomic mass is 10.1. The number of carbonyl (C=O) groups is 1. The van der Waals surface area contributed by atoms with E-state index in [1.165, 1.54) is 12.1 Å². The van der Waals surface area contributed by atoms with Crippen LogP contribution in [-0.4, -0.2) is 42.1 Å². The van der Waals surface area contributed by atoms with E-state index in [9.17, 15) is 14.3 Å². The lowest BCUT2D eigenvalue weighted by molar-refractivity contribution is -0.122. The number of halogens is 1. The van der Waals surface area contributed by atoms with Crippen LogP contribution in [0, 0.1) is 5.82 Å². The molecule has 2 rings (SSSR count). The van der Waals surface area contributed by atoms with Crippen LogP contribution < -0.4 is 5.32 Å². The minimum absolute atomic E-state index is 0.0173. The molecule has 0 heterocycles. The Morgan fingerprint density at radius 1 is 1.47 bits per heavy atom. The van der Waals surface area contributed by atoms with Crippen molar-refractivity contribution in [3.63, 3.8) is 0 Å². The standard InChI is InChI=1S/C14H19FN2O2/c1-17(9-14(19)16-12-6-7-12)8-13(18)10-2-4-11(15)5-3-10/h2-5,12-13,18H,6-9H2,1H3,(H,16,19). The topological polar surface area (TPSA) is 52.6 Å². The van der Waals surface area contributed by atoms with Crippen molar-refractivity contribution < 1.29 is 14.3 Å². The molecule has 1 amide bonds. The first-order valence-corrected chi connectivity index (χ1v) is 6.46. The number of nitrogens with one attached hydrogen (secondary N) is 1. The first-order chi connectivity index (χ1) is 9.04. The van der Waals surface area contributed by atoms with Crippen molar-refractivity contribution in [1.29, 1.82) is 0 Å². The zero-order valence-corrected chi connectivity index (χ0v) is 11.0. The summed E-state index contributed by atoms with van der Waals surface area (Å²) in [6.07, 6.45) is 1.40. The molecule has 0 saturated heterocycles. The van der Waals surface area contributed by atoms with Crippen LogP contribution in [0.2, 0.25) is 0 Å². The fourth-order valence-electron chi connectivity index (χ4n) is 1.90. The minimum atomic E-state index is -0.723. The summed E-state index contributed by atoms with van der Waals surface area (Å²) >= 11 is 0. The van der Waals surface area contributed by atoms with Crippen molar-refractivity contribution in [1.82, 2.24) is 10.2 Å². The molecular formula is C14H19FN2O2. The lowest BCUT2D eigenvalue weighted by Gasteiger charge is -2.20. The van der Waals surface area contributed by atoms with Gasteiger partial charge in [0.05, 0.1) is 12.6 Å². The minimum Gasteiger partial charge on any atom is -0.387 e. The molecule has 1 aromatic carbocycles. The molecule has 1 saturated carbocycles. The van der Waals surface area contributed by atoms with Crippen LogP contribution >= 0.6 is 0 Å². The fraction of sp³-hybridized carbons (Fsp3) is 0.500. The number of nitrogens with zero attached hydrogens (tertiary/aromatic N) is 1. The van der Waals surface area contributed by atoms with Gasteiger partial charge in [0.2, 0.25) is 5.91 Å². The predicted molar refractivity (Wildman–Crippen MR) is 70.0 cm³/mol. The first-order valence-electron chi connectivity index (χ1n) is 6.46. The number of aliphatic hydroxyl groups excluding tert-OH is 1. The van der Waals surface area contributed by atoms with Gasteiger partial charge in [0, 0.05) is 12.6 Å². The second-order valence-corrected chi connectivity index (χ2v) is 5.11. The molecule has 0 radical (unpaired) electrons. The molecule has 4 nitrogen and oxygen atoms in total. The Kier molecular flexibility index (Phi) is 4.50. The molecule has 0 bridgehead atoms. The summed E-state index contributed by atoms with van der Waals surface area (Å²) in [6.45, 7) is 0.596. The van der Waals surface area contributed by atoms with Gasteiger partial charge in [-0.1, -0.05) is 12.1 Å². The highest BCUT2D eigenvalue weighted by atomic mass is 19.1. The van der Waals surface area contributed by atoms with Gasteiger partial charge < -0.3 is 10.4 Å². The van der Waals surface area contributed by atoms with Crippen molar-refractivity contribution >= 4 is 5.91 Å². The van der Waals surface area contributed by atoms with E-state index < -0.39 is 6.10 Å². The highest BCUT2D eigenvalue weighted by molar-refractivity contribution is 5.78. The molecule has 0 spiro atoms. The zero-order valence-electron chi connectivity index (χ0n) is 11.0. The summed E-state index contributed by atoms with van der Waals surface area (Å²) in [7, 11) is 1.78. The number of amides is 1. The normalized spacial score (nSPS) is 16.4. The van der Waals surface area contributed by atoms with Crippen LogP contribution in [0.15, 0.2) is 24.3 Å². The second kappa shape index (κ2) is 6.12.